The molecule has 154 valence electrons. The second-order valence-corrected chi connectivity index (χ2v) is 7.77. The third kappa shape index (κ3) is 5.81. The lowest BCUT2D eigenvalue weighted by Crippen LogP contribution is -2.50. The fourth-order valence-corrected chi connectivity index (χ4v) is 3.85. The number of guanidine groups is 1. The van der Waals surface area contributed by atoms with Gasteiger partial charge >= 0.3 is 0 Å². The van der Waals surface area contributed by atoms with Crippen molar-refractivity contribution in [2.45, 2.75) is 45.1 Å². The van der Waals surface area contributed by atoms with E-state index in [9.17, 15) is 4.79 Å². The van der Waals surface area contributed by atoms with E-state index in [0.29, 0.717) is 32.1 Å². The molecule has 1 saturated heterocycles. The van der Waals surface area contributed by atoms with E-state index in [4.69, 9.17) is 0 Å². The molecule has 0 spiro atoms. The highest BCUT2D eigenvalue weighted by Crippen LogP contribution is 2.23. The minimum absolute atomic E-state index is 0.183. The normalized spacial score (nSPS) is 23.4. The molecule has 0 atom stereocenters. The van der Waals surface area contributed by atoms with Gasteiger partial charge in [0.2, 0.25) is 11.9 Å². The average molecular weight is 388 g/mol. The van der Waals surface area contributed by atoms with Crippen molar-refractivity contribution in [1.29, 1.82) is 0 Å². The molecule has 1 saturated carbocycles. The molecular weight excluding hydrogens is 354 g/mol. The van der Waals surface area contributed by atoms with Crippen LogP contribution in [-0.4, -0.2) is 72.5 Å². The predicted molar refractivity (Wildman–Crippen MR) is 111 cm³/mol. The van der Waals surface area contributed by atoms with Crippen molar-refractivity contribution < 1.29 is 4.79 Å². The first-order valence-corrected chi connectivity index (χ1v) is 10.4. The molecule has 2 N–H and O–H groups in total. The first-order valence-electron chi connectivity index (χ1n) is 10.4. The molecule has 8 heteroatoms. The SMILES string of the molecule is CN=C(NCCC(=O)N1CCN(c2ncccn2)CC1)NC1CCC(C)CC1. The van der Waals surface area contributed by atoms with Crippen LogP contribution in [-0.2, 0) is 4.79 Å². The van der Waals surface area contributed by atoms with Crippen LogP contribution in [0, 0.1) is 5.92 Å². The topological polar surface area (TPSA) is 85.8 Å². The van der Waals surface area contributed by atoms with Crippen LogP contribution >= 0.6 is 0 Å². The number of hydrogen-bond donors (Lipinski definition) is 2. The minimum atomic E-state index is 0.183. The molecule has 1 amide bonds. The molecule has 8 nitrogen and oxygen atoms in total. The Morgan fingerprint density at radius 3 is 2.46 bits per heavy atom. The number of hydrogen-bond acceptors (Lipinski definition) is 5. The second kappa shape index (κ2) is 10.2. The zero-order chi connectivity index (χ0) is 19.8. The summed E-state index contributed by atoms with van der Waals surface area (Å²) in [5, 5.41) is 6.79. The molecule has 2 aliphatic rings. The van der Waals surface area contributed by atoms with Crippen LogP contribution in [0.4, 0.5) is 5.95 Å². The number of piperazine rings is 1. The van der Waals surface area contributed by atoms with Gasteiger partial charge in [-0.25, -0.2) is 9.97 Å². The minimum Gasteiger partial charge on any atom is -0.356 e. The number of amides is 1. The van der Waals surface area contributed by atoms with Crippen LogP contribution < -0.4 is 15.5 Å². The summed E-state index contributed by atoms with van der Waals surface area (Å²) in [6, 6.07) is 2.31. The Bertz CT molecular complexity index is 635. The average Bonchev–Trinajstić information content (AvgIpc) is 2.75. The Labute approximate surface area is 167 Å². The number of aliphatic imine (C=N–C) groups is 1. The van der Waals surface area contributed by atoms with E-state index >= 15 is 0 Å². The number of aromatic nitrogens is 2. The zero-order valence-electron chi connectivity index (χ0n) is 17.1. The second-order valence-electron chi connectivity index (χ2n) is 7.77. The molecule has 1 aromatic rings. The number of carbonyl (C=O) groups is 1. The Morgan fingerprint density at radius 2 is 1.82 bits per heavy atom. The molecule has 0 unspecified atom stereocenters. The number of nitrogens with zero attached hydrogens (tertiary/aromatic N) is 5. The molecule has 1 aromatic heterocycles. The van der Waals surface area contributed by atoms with Gasteiger partial charge in [-0.1, -0.05) is 6.92 Å². The maximum atomic E-state index is 12.5. The third-order valence-corrected chi connectivity index (χ3v) is 5.68. The van der Waals surface area contributed by atoms with E-state index in [1.165, 1.54) is 25.7 Å². The van der Waals surface area contributed by atoms with Gasteiger partial charge in [0.1, 0.15) is 0 Å². The van der Waals surface area contributed by atoms with E-state index in [0.717, 1.165) is 30.9 Å². The van der Waals surface area contributed by atoms with E-state index in [2.05, 4.69) is 37.4 Å². The van der Waals surface area contributed by atoms with Gasteiger partial charge in [-0.15, -0.1) is 0 Å². The summed E-state index contributed by atoms with van der Waals surface area (Å²) < 4.78 is 0. The monoisotopic (exact) mass is 387 g/mol. The van der Waals surface area contributed by atoms with Gasteiger partial charge in [0.05, 0.1) is 0 Å². The van der Waals surface area contributed by atoms with Crippen LogP contribution in [0.2, 0.25) is 0 Å². The lowest BCUT2D eigenvalue weighted by atomic mass is 9.87. The smallest absolute Gasteiger partial charge is 0.225 e. The molecule has 3 rings (SSSR count). The Morgan fingerprint density at radius 1 is 1.14 bits per heavy atom. The predicted octanol–water partition coefficient (Wildman–Crippen LogP) is 1.26. The summed E-state index contributed by atoms with van der Waals surface area (Å²) in [5.74, 6) is 2.56. The molecule has 0 aromatic carbocycles. The molecule has 0 radical (unpaired) electrons. The summed E-state index contributed by atoms with van der Waals surface area (Å²) in [6.07, 6.45) is 8.90. The summed E-state index contributed by atoms with van der Waals surface area (Å²) in [5.41, 5.74) is 0. The Balaban J connectivity index is 1.35. The van der Waals surface area contributed by atoms with Crippen LogP contribution in [0.15, 0.2) is 23.5 Å². The number of rotatable bonds is 5. The third-order valence-electron chi connectivity index (χ3n) is 5.68. The molecule has 1 aliphatic heterocycles. The number of anilines is 1. The van der Waals surface area contributed by atoms with E-state index < -0.39 is 0 Å². The maximum absolute atomic E-state index is 12.5. The summed E-state index contributed by atoms with van der Waals surface area (Å²) in [4.78, 5) is 29.4. The highest BCUT2D eigenvalue weighted by atomic mass is 16.2. The molecule has 2 heterocycles. The summed E-state index contributed by atoms with van der Waals surface area (Å²) in [6.45, 7) is 5.89. The van der Waals surface area contributed by atoms with Crippen LogP contribution in [0.5, 0.6) is 0 Å². The van der Waals surface area contributed by atoms with Crippen molar-refractivity contribution in [2.24, 2.45) is 10.9 Å². The Hall–Kier alpha value is -2.38. The molecule has 0 bridgehead atoms. The van der Waals surface area contributed by atoms with Gasteiger partial charge in [-0.3, -0.25) is 9.79 Å². The highest BCUT2D eigenvalue weighted by Gasteiger charge is 2.22. The largest absolute Gasteiger partial charge is 0.356 e. The van der Waals surface area contributed by atoms with Gasteiger partial charge in [0.25, 0.3) is 0 Å². The van der Waals surface area contributed by atoms with E-state index in [-0.39, 0.29) is 5.91 Å². The number of carbonyl (C=O) groups excluding carboxylic acids is 1. The molecule has 2 fully saturated rings. The van der Waals surface area contributed by atoms with E-state index in [1.807, 2.05) is 11.0 Å². The van der Waals surface area contributed by atoms with Crippen molar-refractivity contribution in [3.63, 3.8) is 0 Å². The van der Waals surface area contributed by atoms with Crippen molar-refractivity contribution in [2.75, 3.05) is 44.7 Å². The fourth-order valence-electron chi connectivity index (χ4n) is 3.85. The first kappa shape index (κ1) is 20.4. The van der Waals surface area contributed by atoms with Gasteiger partial charge < -0.3 is 20.4 Å². The van der Waals surface area contributed by atoms with Crippen molar-refractivity contribution in [1.82, 2.24) is 25.5 Å². The van der Waals surface area contributed by atoms with Gasteiger partial charge in [0.15, 0.2) is 5.96 Å². The summed E-state index contributed by atoms with van der Waals surface area (Å²) in [7, 11) is 1.79. The standard InChI is InChI=1S/C20H33N7O/c1-16-4-6-17(7-5-16)25-19(21-2)22-11-8-18(28)26-12-14-27(15-13-26)20-23-9-3-10-24-20/h3,9-10,16-17H,4-8,11-15H2,1-2H3,(H2,21,22,25). The molecular formula is C20H33N7O. The Kier molecular flexibility index (Phi) is 7.45. The first-order chi connectivity index (χ1) is 13.7. The summed E-state index contributed by atoms with van der Waals surface area (Å²) >= 11 is 0. The van der Waals surface area contributed by atoms with E-state index in [1.54, 1.807) is 19.4 Å². The number of nitrogens with one attached hydrogen (secondary N) is 2. The van der Waals surface area contributed by atoms with Crippen molar-refractivity contribution >= 4 is 17.8 Å². The van der Waals surface area contributed by atoms with Gasteiger partial charge in [0, 0.05) is 64.6 Å². The maximum Gasteiger partial charge on any atom is 0.225 e. The quantitative estimate of drug-likeness (QED) is 0.584. The zero-order valence-corrected chi connectivity index (χ0v) is 17.1. The van der Waals surface area contributed by atoms with Gasteiger partial charge in [-0.2, -0.15) is 0 Å². The van der Waals surface area contributed by atoms with Gasteiger partial charge in [-0.05, 0) is 37.7 Å². The fraction of sp³-hybridized carbons (Fsp3) is 0.700. The van der Waals surface area contributed by atoms with Crippen LogP contribution in [0.1, 0.15) is 39.0 Å². The lowest BCUT2D eigenvalue weighted by Gasteiger charge is -2.34. The molecule has 1 aliphatic carbocycles. The molecule has 28 heavy (non-hydrogen) atoms. The van der Waals surface area contributed by atoms with Crippen molar-refractivity contribution in [3.05, 3.63) is 18.5 Å². The van der Waals surface area contributed by atoms with Crippen LogP contribution in [0.25, 0.3) is 0 Å². The van der Waals surface area contributed by atoms with Crippen LogP contribution in [0.3, 0.4) is 0 Å². The highest BCUT2D eigenvalue weighted by molar-refractivity contribution is 5.81. The van der Waals surface area contributed by atoms with Crippen molar-refractivity contribution in [3.8, 4) is 0 Å². The lowest BCUT2D eigenvalue weighted by molar-refractivity contribution is -0.131.